The highest BCUT2D eigenvalue weighted by Crippen LogP contribution is 2.45. The van der Waals surface area contributed by atoms with E-state index in [0.29, 0.717) is 43.3 Å². The predicted molar refractivity (Wildman–Crippen MR) is 119 cm³/mol. The van der Waals surface area contributed by atoms with Gasteiger partial charge in [-0.1, -0.05) is 30.3 Å². The van der Waals surface area contributed by atoms with Crippen LogP contribution in [0.4, 0.5) is 0 Å². The Balaban J connectivity index is 0.00000107. The lowest BCUT2D eigenvalue weighted by Gasteiger charge is -2.30. The summed E-state index contributed by atoms with van der Waals surface area (Å²) in [4.78, 5) is 0. The van der Waals surface area contributed by atoms with E-state index in [2.05, 4.69) is 11.4 Å². The maximum Gasteiger partial charge on any atom is 0.203 e. The maximum atomic E-state index is 9.65. The third kappa shape index (κ3) is 5.88. The number of rotatable bonds is 8. The third-order valence-electron chi connectivity index (χ3n) is 4.98. The first-order valence-corrected chi connectivity index (χ1v) is 10.2. The van der Waals surface area contributed by atoms with Gasteiger partial charge < -0.3 is 29.0 Å². The second-order valence-electron chi connectivity index (χ2n) is 6.99. The lowest BCUT2D eigenvalue weighted by molar-refractivity contribution is -0.172. The molecule has 0 spiro atoms. The van der Waals surface area contributed by atoms with Gasteiger partial charge in [-0.25, -0.2) is 0 Å². The Morgan fingerprint density at radius 1 is 1.00 bits per heavy atom. The van der Waals surface area contributed by atoms with Crippen molar-refractivity contribution >= 4 is 0 Å². The second-order valence-corrected chi connectivity index (χ2v) is 6.99. The van der Waals surface area contributed by atoms with Crippen LogP contribution in [0.1, 0.15) is 29.9 Å². The zero-order chi connectivity index (χ0) is 22.7. The molecule has 0 amide bonds. The highest BCUT2D eigenvalue weighted by atomic mass is 16.7. The van der Waals surface area contributed by atoms with Crippen molar-refractivity contribution in [2.75, 3.05) is 48.6 Å². The fourth-order valence-electron chi connectivity index (χ4n) is 3.54. The molecule has 2 aromatic rings. The molecule has 1 aliphatic heterocycles. The highest BCUT2D eigenvalue weighted by Gasteiger charge is 2.40. The van der Waals surface area contributed by atoms with Gasteiger partial charge in [0, 0.05) is 12.0 Å². The molecule has 1 aliphatic rings. The average Bonchev–Trinajstić information content (AvgIpc) is 3.30. The molecular weight excluding hydrogens is 396 g/mol. The van der Waals surface area contributed by atoms with Gasteiger partial charge in [-0.05, 0) is 38.2 Å². The maximum absolute atomic E-state index is 9.65. The van der Waals surface area contributed by atoms with E-state index in [-0.39, 0.29) is 5.92 Å². The molecule has 1 unspecified atom stereocenters. The predicted octanol–water partition coefficient (Wildman–Crippen LogP) is 3.84. The van der Waals surface area contributed by atoms with Crippen LogP contribution in [0.2, 0.25) is 0 Å². The summed E-state index contributed by atoms with van der Waals surface area (Å²) in [6, 6.07) is 15.8. The number of nitrogens with zero attached hydrogens (tertiary/aromatic N) is 1. The van der Waals surface area contributed by atoms with E-state index in [1.165, 1.54) is 0 Å². The van der Waals surface area contributed by atoms with E-state index in [1.807, 2.05) is 56.6 Å². The van der Waals surface area contributed by atoms with Crippen molar-refractivity contribution in [2.24, 2.45) is 0 Å². The Bertz CT molecular complexity index is 820. The highest BCUT2D eigenvalue weighted by molar-refractivity contribution is 5.54. The molecule has 1 heterocycles. The van der Waals surface area contributed by atoms with Crippen LogP contribution in [0.25, 0.3) is 0 Å². The third-order valence-corrected chi connectivity index (χ3v) is 4.98. The second kappa shape index (κ2) is 12.2. The number of nitriles is 1. The standard InChI is InChI=1S/C22H25NO5.C2H7N/c1-24-19-13-18(14-20(25-2)21(19)26-3)22(27-11-12-28-22)10-9-17(15-23)16-7-5-4-6-8-16;1-3-2/h4-8,13-14,17H,9-12H2,1-3H3;3H,1-2H3. The molecule has 1 saturated heterocycles. The first-order chi connectivity index (χ1) is 15.1. The van der Waals surface area contributed by atoms with Crippen LogP contribution in [0.15, 0.2) is 42.5 Å². The summed E-state index contributed by atoms with van der Waals surface area (Å²) in [5.41, 5.74) is 1.77. The molecule has 3 rings (SSSR count). The fraction of sp³-hybridized carbons (Fsp3) is 0.458. The number of benzene rings is 2. The van der Waals surface area contributed by atoms with Crippen LogP contribution >= 0.6 is 0 Å². The van der Waals surface area contributed by atoms with Crippen molar-refractivity contribution in [3.8, 4) is 23.3 Å². The largest absolute Gasteiger partial charge is 0.493 e. The van der Waals surface area contributed by atoms with E-state index in [9.17, 15) is 5.26 Å². The zero-order valence-electron chi connectivity index (χ0n) is 18.9. The van der Waals surface area contributed by atoms with E-state index in [4.69, 9.17) is 23.7 Å². The lowest BCUT2D eigenvalue weighted by atomic mass is 9.90. The summed E-state index contributed by atoms with van der Waals surface area (Å²) in [6.07, 6.45) is 1.12. The Hall–Kier alpha value is -2.79. The first-order valence-electron chi connectivity index (χ1n) is 10.2. The van der Waals surface area contributed by atoms with Crippen molar-refractivity contribution in [2.45, 2.75) is 24.5 Å². The monoisotopic (exact) mass is 428 g/mol. The number of ether oxygens (including phenoxy) is 5. The molecule has 0 aliphatic carbocycles. The number of hydrogen-bond acceptors (Lipinski definition) is 7. The first kappa shape index (κ1) is 24.5. The van der Waals surface area contributed by atoms with E-state index in [0.717, 1.165) is 11.1 Å². The van der Waals surface area contributed by atoms with Gasteiger partial charge in [0.1, 0.15) is 0 Å². The molecule has 31 heavy (non-hydrogen) atoms. The SMILES string of the molecule is CNC.COc1cc(C2(CCC(C#N)c3ccccc3)OCCO2)cc(OC)c1OC. The molecule has 0 bridgehead atoms. The molecular formula is C24H32N2O5. The van der Waals surface area contributed by atoms with Crippen molar-refractivity contribution in [1.29, 1.82) is 5.26 Å². The van der Waals surface area contributed by atoms with Crippen molar-refractivity contribution in [3.63, 3.8) is 0 Å². The summed E-state index contributed by atoms with van der Waals surface area (Å²) >= 11 is 0. The lowest BCUT2D eigenvalue weighted by Crippen LogP contribution is -2.28. The Morgan fingerprint density at radius 3 is 2.00 bits per heavy atom. The molecule has 0 saturated carbocycles. The minimum atomic E-state index is -0.948. The van der Waals surface area contributed by atoms with Gasteiger partial charge in [0.25, 0.3) is 0 Å². The van der Waals surface area contributed by atoms with Crippen LogP contribution in [-0.4, -0.2) is 48.6 Å². The molecule has 0 radical (unpaired) electrons. The Morgan fingerprint density at radius 2 is 1.55 bits per heavy atom. The fourth-order valence-corrected chi connectivity index (χ4v) is 3.54. The van der Waals surface area contributed by atoms with Crippen LogP contribution in [0.5, 0.6) is 17.2 Å². The minimum Gasteiger partial charge on any atom is -0.493 e. The topological polar surface area (TPSA) is 82.0 Å². The van der Waals surface area contributed by atoms with Crippen molar-refractivity contribution in [3.05, 3.63) is 53.6 Å². The number of methoxy groups -OCH3 is 3. The summed E-state index contributed by atoms with van der Waals surface area (Å²) < 4.78 is 28.4. The minimum absolute atomic E-state index is 0.243. The van der Waals surface area contributed by atoms with E-state index < -0.39 is 5.79 Å². The summed E-state index contributed by atoms with van der Waals surface area (Å²) in [7, 11) is 8.46. The molecule has 1 N–H and O–H groups in total. The molecule has 7 heteroatoms. The van der Waals surface area contributed by atoms with E-state index in [1.54, 1.807) is 21.3 Å². The van der Waals surface area contributed by atoms with Gasteiger partial charge in [-0.15, -0.1) is 0 Å². The van der Waals surface area contributed by atoms with Gasteiger partial charge in [0.05, 0.1) is 46.5 Å². The van der Waals surface area contributed by atoms with Gasteiger partial charge in [-0.3, -0.25) is 0 Å². The molecule has 2 aromatic carbocycles. The van der Waals surface area contributed by atoms with Crippen LogP contribution < -0.4 is 19.5 Å². The van der Waals surface area contributed by atoms with Crippen LogP contribution in [0.3, 0.4) is 0 Å². The Labute approximate surface area is 184 Å². The average molecular weight is 429 g/mol. The Kier molecular flexibility index (Phi) is 9.60. The van der Waals surface area contributed by atoms with E-state index >= 15 is 0 Å². The van der Waals surface area contributed by atoms with Gasteiger partial charge in [0.2, 0.25) is 5.75 Å². The summed E-state index contributed by atoms with van der Waals surface area (Å²) in [5.74, 6) is 0.399. The quantitative estimate of drug-likeness (QED) is 0.684. The van der Waals surface area contributed by atoms with Gasteiger partial charge >= 0.3 is 0 Å². The summed E-state index contributed by atoms with van der Waals surface area (Å²) in [6.45, 7) is 0.971. The van der Waals surface area contributed by atoms with Crippen LogP contribution in [-0.2, 0) is 15.3 Å². The molecule has 1 fully saturated rings. The van der Waals surface area contributed by atoms with Gasteiger partial charge in [0.15, 0.2) is 17.3 Å². The molecule has 168 valence electrons. The molecule has 7 nitrogen and oxygen atoms in total. The number of nitrogens with one attached hydrogen (secondary N) is 1. The molecule has 0 aromatic heterocycles. The van der Waals surface area contributed by atoms with Crippen molar-refractivity contribution in [1.82, 2.24) is 5.32 Å². The molecule has 1 atom stereocenters. The smallest absolute Gasteiger partial charge is 0.203 e. The van der Waals surface area contributed by atoms with Crippen molar-refractivity contribution < 1.29 is 23.7 Å². The number of hydrogen-bond donors (Lipinski definition) is 1. The summed E-state index contributed by atoms with van der Waals surface area (Å²) in [5, 5.41) is 12.4. The van der Waals surface area contributed by atoms with Crippen LogP contribution in [0, 0.1) is 11.3 Å². The van der Waals surface area contributed by atoms with Gasteiger partial charge in [-0.2, -0.15) is 5.26 Å². The zero-order valence-corrected chi connectivity index (χ0v) is 18.9. The normalized spacial score (nSPS) is 15.2.